The van der Waals surface area contributed by atoms with Crippen molar-refractivity contribution in [1.82, 2.24) is 14.9 Å². The third-order valence-electron chi connectivity index (χ3n) is 2.92. The number of carbonyl (C=O) groups is 1. The zero-order valence-corrected chi connectivity index (χ0v) is 11.6. The molecule has 1 atom stereocenters. The highest BCUT2D eigenvalue weighted by Crippen LogP contribution is 2.32. The number of hydrogen-bond acceptors (Lipinski definition) is 5. The van der Waals surface area contributed by atoms with Crippen LogP contribution in [0.2, 0.25) is 0 Å². The highest BCUT2D eigenvalue weighted by atomic mass is 16.6. The molecule has 2 rings (SSSR count). The van der Waals surface area contributed by atoms with Gasteiger partial charge in [-0.2, -0.15) is 0 Å². The molecule has 19 heavy (non-hydrogen) atoms. The van der Waals surface area contributed by atoms with Gasteiger partial charge in [-0.1, -0.05) is 0 Å². The van der Waals surface area contributed by atoms with Crippen molar-refractivity contribution in [3.05, 3.63) is 18.0 Å². The second kappa shape index (κ2) is 5.03. The first kappa shape index (κ1) is 13.6. The van der Waals surface area contributed by atoms with Gasteiger partial charge in [-0.05, 0) is 39.7 Å². The molecule has 0 spiro atoms. The summed E-state index contributed by atoms with van der Waals surface area (Å²) in [7, 11) is 0. The van der Waals surface area contributed by atoms with E-state index in [1.165, 1.54) is 0 Å². The van der Waals surface area contributed by atoms with Crippen LogP contribution in [0.15, 0.2) is 12.3 Å². The Morgan fingerprint density at radius 2 is 2.26 bits per heavy atom. The minimum Gasteiger partial charge on any atom is -0.444 e. The molecule has 0 bridgehead atoms. The predicted molar refractivity (Wildman–Crippen MR) is 71.4 cm³/mol. The lowest BCUT2D eigenvalue weighted by atomic mass is 10.1. The lowest BCUT2D eigenvalue weighted by molar-refractivity contribution is 0.0221. The van der Waals surface area contributed by atoms with E-state index in [0.29, 0.717) is 6.54 Å². The van der Waals surface area contributed by atoms with E-state index in [9.17, 15) is 4.79 Å². The van der Waals surface area contributed by atoms with Crippen molar-refractivity contribution in [3.8, 4) is 0 Å². The van der Waals surface area contributed by atoms with Crippen LogP contribution in [0.4, 0.5) is 10.7 Å². The monoisotopic (exact) mass is 264 g/mol. The molecule has 6 nitrogen and oxygen atoms in total. The number of ether oxygens (including phenoxy) is 1. The molecule has 1 aliphatic heterocycles. The summed E-state index contributed by atoms with van der Waals surface area (Å²) in [6, 6.07) is 1.73. The van der Waals surface area contributed by atoms with Crippen molar-refractivity contribution in [2.45, 2.75) is 45.3 Å². The second-order valence-electron chi connectivity index (χ2n) is 5.67. The van der Waals surface area contributed by atoms with Crippen LogP contribution in [-0.4, -0.2) is 33.1 Å². The van der Waals surface area contributed by atoms with Crippen LogP contribution in [-0.2, 0) is 4.74 Å². The Morgan fingerprint density at radius 3 is 2.89 bits per heavy atom. The van der Waals surface area contributed by atoms with E-state index < -0.39 is 5.60 Å². The van der Waals surface area contributed by atoms with Gasteiger partial charge in [-0.25, -0.2) is 14.8 Å². The third kappa shape index (κ3) is 3.33. The molecule has 2 heterocycles. The SMILES string of the molecule is CC(C)(C)OC(=O)N1CCC[C@H]1c1ccnc(N)n1. The molecule has 2 N–H and O–H groups in total. The van der Waals surface area contributed by atoms with Gasteiger partial charge in [0, 0.05) is 12.7 Å². The standard InChI is InChI=1S/C13H20N4O2/c1-13(2,3)19-12(18)17-8-4-5-10(17)9-6-7-15-11(14)16-9/h6-7,10H,4-5,8H2,1-3H3,(H2,14,15,16)/t10-/m0/s1. The van der Waals surface area contributed by atoms with Crippen molar-refractivity contribution in [3.63, 3.8) is 0 Å². The highest BCUT2D eigenvalue weighted by molar-refractivity contribution is 5.69. The number of likely N-dealkylation sites (tertiary alicyclic amines) is 1. The molecule has 0 radical (unpaired) electrons. The van der Waals surface area contributed by atoms with Gasteiger partial charge in [-0.3, -0.25) is 4.90 Å². The molecule has 0 aliphatic carbocycles. The summed E-state index contributed by atoms with van der Waals surface area (Å²) in [5, 5.41) is 0. The molecule has 0 saturated carbocycles. The van der Waals surface area contributed by atoms with Crippen LogP contribution >= 0.6 is 0 Å². The van der Waals surface area contributed by atoms with Crippen LogP contribution in [0, 0.1) is 0 Å². The zero-order chi connectivity index (χ0) is 14.0. The topological polar surface area (TPSA) is 81.3 Å². The summed E-state index contributed by atoms with van der Waals surface area (Å²) in [5.74, 6) is 0.230. The Morgan fingerprint density at radius 1 is 1.53 bits per heavy atom. The van der Waals surface area contributed by atoms with E-state index in [-0.39, 0.29) is 18.1 Å². The number of rotatable bonds is 1. The maximum atomic E-state index is 12.2. The van der Waals surface area contributed by atoms with Crippen LogP contribution in [0.1, 0.15) is 45.3 Å². The maximum absolute atomic E-state index is 12.2. The fourth-order valence-electron chi connectivity index (χ4n) is 2.19. The van der Waals surface area contributed by atoms with E-state index in [2.05, 4.69) is 9.97 Å². The van der Waals surface area contributed by atoms with Gasteiger partial charge in [0.05, 0.1) is 11.7 Å². The van der Waals surface area contributed by atoms with Crippen molar-refractivity contribution >= 4 is 12.0 Å². The average Bonchev–Trinajstić information content (AvgIpc) is 2.75. The summed E-state index contributed by atoms with van der Waals surface area (Å²) < 4.78 is 5.42. The largest absolute Gasteiger partial charge is 0.444 e. The van der Waals surface area contributed by atoms with Gasteiger partial charge in [0.1, 0.15) is 5.60 Å². The Balaban J connectivity index is 2.15. The molecule has 0 unspecified atom stereocenters. The number of hydrogen-bond donors (Lipinski definition) is 1. The van der Waals surface area contributed by atoms with Gasteiger partial charge < -0.3 is 10.5 Å². The van der Waals surface area contributed by atoms with Crippen LogP contribution < -0.4 is 5.73 Å². The first-order valence-electron chi connectivity index (χ1n) is 6.45. The van der Waals surface area contributed by atoms with Crippen LogP contribution in [0.25, 0.3) is 0 Å². The lowest BCUT2D eigenvalue weighted by Crippen LogP contribution is -2.36. The summed E-state index contributed by atoms with van der Waals surface area (Å²) in [6.45, 7) is 6.26. The Hall–Kier alpha value is -1.85. The van der Waals surface area contributed by atoms with Crippen molar-refractivity contribution in [1.29, 1.82) is 0 Å². The quantitative estimate of drug-likeness (QED) is 0.840. The summed E-state index contributed by atoms with van der Waals surface area (Å²) in [6.07, 6.45) is 3.12. The number of amides is 1. The molecule has 0 aromatic carbocycles. The number of aromatic nitrogens is 2. The van der Waals surface area contributed by atoms with Gasteiger partial charge in [-0.15, -0.1) is 0 Å². The minimum absolute atomic E-state index is 0.0693. The van der Waals surface area contributed by atoms with Crippen LogP contribution in [0.5, 0.6) is 0 Å². The Labute approximate surface area is 113 Å². The first-order valence-corrected chi connectivity index (χ1v) is 6.45. The van der Waals surface area contributed by atoms with Crippen molar-refractivity contribution in [2.75, 3.05) is 12.3 Å². The number of carbonyl (C=O) groups excluding carboxylic acids is 1. The van der Waals surface area contributed by atoms with Gasteiger partial charge in [0.2, 0.25) is 5.95 Å². The molecule has 1 aliphatic rings. The molecule has 1 aromatic rings. The summed E-state index contributed by atoms with van der Waals surface area (Å²) in [4.78, 5) is 21.9. The smallest absolute Gasteiger partial charge is 0.410 e. The van der Waals surface area contributed by atoms with Gasteiger partial charge in [0.25, 0.3) is 0 Å². The highest BCUT2D eigenvalue weighted by Gasteiger charge is 2.33. The third-order valence-corrected chi connectivity index (χ3v) is 2.92. The minimum atomic E-state index is -0.491. The molecule has 1 fully saturated rings. The normalized spacial score (nSPS) is 19.5. The Bertz CT molecular complexity index is 470. The second-order valence-corrected chi connectivity index (χ2v) is 5.67. The van der Waals surface area contributed by atoms with E-state index in [1.807, 2.05) is 20.8 Å². The van der Waals surface area contributed by atoms with Crippen molar-refractivity contribution < 1.29 is 9.53 Å². The van der Waals surface area contributed by atoms with E-state index in [4.69, 9.17) is 10.5 Å². The number of nitrogens with zero attached hydrogens (tertiary/aromatic N) is 3. The molecule has 1 saturated heterocycles. The maximum Gasteiger partial charge on any atom is 0.410 e. The molecule has 104 valence electrons. The molecular weight excluding hydrogens is 244 g/mol. The molecule has 1 amide bonds. The van der Waals surface area contributed by atoms with E-state index in [0.717, 1.165) is 18.5 Å². The predicted octanol–water partition coefficient (Wildman–Crippen LogP) is 2.13. The average molecular weight is 264 g/mol. The lowest BCUT2D eigenvalue weighted by Gasteiger charge is -2.28. The van der Waals surface area contributed by atoms with E-state index in [1.54, 1.807) is 17.2 Å². The van der Waals surface area contributed by atoms with Gasteiger partial charge in [0.15, 0.2) is 0 Å². The van der Waals surface area contributed by atoms with Gasteiger partial charge >= 0.3 is 6.09 Å². The van der Waals surface area contributed by atoms with Crippen molar-refractivity contribution in [2.24, 2.45) is 0 Å². The fraction of sp³-hybridized carbons (Fsp3) is 0.615. The van der Waals surface area contributed by atoms with E-state index >= 15 is 0 Å². The van der Waals surface area contributed by atoms with Crippen LogP contribution in [0.3, 0.4) is 0 Å². The fourth-order valence-corrected chi connectivity index (χ4v) is 2.19. The Kier molecular flexibility index (Phi) is 3.59. The number of anilines is 1. The summed E-state index contributed by atoms with van der Waals surface area (Å²) in [5.41, 5.74) is 5.88. The molecule has 1 aromatic heterocycles. The zero-order valence-electron chi connectivity index (χ0n) is 11.6. The molecule has 6 heteroatoms. The summed E-state index contributed by atoms with van der Waals surface area (Å²) >= 11 is 0. The first-order chi connectivity index (χ1) is 8.87. The number of nitrogens with two attached hydrogens (primary N) is 1. The molecular formula is C13H20N4O2. The number of nitrogen functional groups attached to an aromatic ring is 1.